The molecule has 2 aromatic heterocycles. The average Bonchev–Trinajstić information content (AvgIpc) is 3.90. The van der Waals surface area contributed by atoms with Gasteiger partial charge in [-0.15, -0.1) is 11.3 Å². The fourth-order valence-electron chi connectivity index (χ4n) is 9.34. The molecule has 0 radical (unpaired) electrons. The van der Waals surface area contributed by atoms with E-state index in [0.717, 1.165) is 34.1 Å². The molecule has 0 aliphatic heterocycles. The van der Waals surface area contributed by atoms with Crippen molar-refractivity contribution in [2.45, 2.75) is 0 Å². The van der Waals surface area contributed by atoms with Crippen molar-refractivity contribution < 1.29 is 0 Å². The lowest BCUT2D eigenvalue weighted by atomic mass is 10.0. The number of benzene rings is 10. The molecular weight excluding hydrogens is 795 g/mol. The molecule has 0 N–H and O–H groups in total. The summed E-state index contributed by atoms with van der Waals surface area (Å²) in [6, 6.07) is 90.0. The molecule has 0 aliphatic carbocycles. The van der Waals surface area contributed by atoms with E-state index in [9.17, 15) is 0 Å². The Labute approximate surface area is 376 Å². The molecular formula is C60H41N3S. The summed E-state index contributed by atoms with van der Waals surface area (Å²) >= 11 is 1.86. The highest BCUT2D eigenvalue weighted by Gasteiger charge is 2.19. The third-order valence-electron chi connectivity index (χ3n) is 12.3. The quantitative estimate of drug-likeness (QED) is 0.143. The van der Waals surface area contributed by atoms with Crippen LogP contribution < -0.4 is 9.80 Å². The van der Waals surface area contributed by atoms with E-state index in [1.165, 1.54) is 69.9 Å². The third-order valence-corrected chi connectivity index (χ3v) is 13.5. The van der Waals surface area contributed by atoms with Gasteiger partial charge in [-0.05, 0) is 125 Å². The van der Waals surface area contributed by atoms with Crippen LogP contribution in [0.15, 0.2) is 249 Å². The number of para-hydroxylation sites is 4. The smallest absolute Gasteiger partial charge is 0.0547 e. The third kappa shape index (κ3) is 6.69. The lowest BCUT2D eigenvalue weighted by Crippen LogP contribution is -2.13. The number of hydrogen-bond acceptors (Lipinski definition) is 3. The lowest BCUT2D eigenvalue weighted by Gasteiger charge is -2.29. The van der Waals surface area contributed by atoms with E-state index in [-0.39, 0.29) is 0 Å². The van der Waals surface area contributed by atoms with Crippen molar-refractivity contribution in [3.8, 4) is 27.9 Å². The first-order valence-electron chi connectivity index (χ1n) is 21.7. The van der Waals surface area contributed by atoms with Gasteiger partial charge in [-0.1, -0.05) is 146 Å². The largest absolute Gasteiger partial charge is 0.310 e. The Kier molecular flexibility index (Phi) is 9.36. The van der Waals surface area contributed by atoms with Gasteiger partial charge in [-0.2, -0.15) is 0 Å². The van der Waals surface area contributed by atoms with E-state index in [1.807, 2.05) is 11.3 Å². The van der Waals surface area contributed by atoms with E-state index in [0.29, 0.717) is 0 Å². The maximum atomic E-state index is 2.39. The molecule has 12 rings (SSSR count). The van der Waals surface area contributed by atoms with Gasteiger partial charge in [-0.25, -0.2) is 0 Å². The average molecular weight is 836 g/mol. The van der Waals surface area contributed by atoms with E-state index in [4.69, 9.17) is 0 Å². The summed E-state index contributed by atoms with van der Waals surface area (Å²) in [5, 5.41) is 5.06. The molecule has 10 aromatic carbocycles. The summed E-state index contributed by atoms with van der Waals surface area (Å²) in [6.07, 6.45) is 0. The van der Waals surface area contributed by atoms with Crippen molar-refractivity contribution in [1.29, 1.82) is 0 Å². The second-order valence-electron chi connectivity index (χ2n) is 16.2. The minimum atomic E-state index is 1.08. The highest BCUT2D eigenvalue weighted by molar-refractivity contribution is 7.25. The van der Waals surface area contributed by atoms with Gasteiger partial charge >= 0.3 is 0 Å². The zero-order valence-electron chi connectivity index (χ0n) is 34.9. The predicted molar refractivity (Wildman–Crippen MR) is 274 cm³/mol. The first kappa shape index (κ1) is 37.6. The molecule has 0 saturated heterocycles. The first-order chi connectivity index (χ1) is 31.7. The van der Waals surface area contributed by atoms with Crippen molar-refractivity contribution in [1.82, 2.24) is 4.57 Å². The van der Waals surface area contributed by atoms with Gasteiger partial charge in [0.15, 0.2) is 0 Å². The molecule has 0 aliphatic rings. The van der Waals surface area contributed by atoms with Crippen molar-refractivity contribution in [3.05, 3.63) is 249 Å². The van der Waals surface area contributed by atoms with Crippen molar-refractivity contribution in [3.63, 3.8) is 0 Å². The van der Waals surface area contributed by atoms with Crippen LogP contribution in [0.2, 0.25) is 0 Å². The van der Waals surface area contributed by atoms with Crippen LogP contribution in [0.5, 0.6) is 0 Å². The van der Waals surface area contributed by atoms with Crippen LogP contribution in [0.25, 0.3) is 69.9 Å². The highest BCUT2D eigenvalue weighted by atomic mass is 32.1. The Balaban J connectivity index is 0.971. The van der Waals surface area contributed by atoms with Crippen LogP contribution in [0.3, 0.4) is 0 Å². The highest BCUT2D eigenvalue weighted by Crippen LogP contribution is 2.44. The zero-order valence-corrected chi connectivity index (χ0v) is 35.7. The summed E-state index contributed by atoms with van der Waals surface area (Å²) in [5.74, 6) is 0. The van der Waals surface area contributed by atoms with Crippen LogP contribution >= 0.6 is 11.3 Å². The van der Waals surface area contributed by atoms with Gasteiger partial charge < -0.3 is 14.4 Å². The minimum Gasteiger partial charge on any atom is -0.310 e. The maximum absolute atomic E-state index is 2.39. The SMILES string of the molecule is c1ccc(-c2ccc(N(c3cccc(N(c4ccccc4)c4ccccc4)c3)c3ccc4c(c3)sc3ccc(-c5ccc6c7ccccc7n(-c7ccccc7)c6c5)cc34)cc2)cc1. The standard InChI is InChI=1S/C60H41N3S/c1-5-16-42(17-6-1)43-28-32-49(33-29-43)62(51-25-15-24-50(40-51)61(46-18-7-2-8-19-46)47-20-9-3-10-21-47)52-34-36-55-56-38-44(31-37-59(56)64-60(55)41-52)45-30-35-54-53-26-13-14-27-57(53)63(58(54)39-45)48-22-11-4-12-23-48/h1-41H. The molecule has 0 fully saturated rings. The van der Waals surface area contributed by atoms with Crippen molar-refractivity contribution in [2.75, 3.05) is 9.80 Å². The van der Waals surface area contributed by atoms with Gasteiger partial charge in [-0.3, -0.25) is 0 Å². The van der Waals surface area contributed by atoms with Crippen LogP contribution in [-0.4, -0.2) is 4.57 Å². The Morgan fingerprint density at radius 3 is 1.47 bits per heavy atom. The second-order valence-corrected chi connectivity index (χ2v) is 17.3. The Bertz CT molecular complexity index is 3560. The summed E-state index contributed by atoms with van der Waals surface area (Å²) in [4.78, 5) is 4.72. The van der Waals surface area contributed by atoms with E-state index in [2.05, 4.69) is 263 Å². The molecule has 0 unspecified atom stereocenters. The van der Waals surface area contributed by atoms with Crippen LogP contribution in [-0.2, 0) is 0 Å². The monoisotopic (exact) mass is 835 g/mol. The normalized spacial score (nSPS) is 11.4. The van der Waals surface area contributed by atoms with Gasteiger partial charge in [0.25, 0.3) is 0 Å². The fourth-order valence-corrected chi connectivity index (χ4v) is 10.5. The molecule has 0 amide bonds. The molecule has 302 valence electrons. The molecule has 3 nitrogen and oxygen atoms in total. The Morgan fingerprint density at radius 2 is 0.750 bits per heavy atom. The van der Waals surface area contributed by atoms with Gasteiger partial charge in [0.05, 0.1) is 11.0 Å². The molecule has 12 aromatic rings. The summed E-state index contributed by atoms with van der Waals surface area (Å²) < 4.78 is 4.92. The topological polar surface area (TPSA) is 11.4 Å². The minimum absolute atomic E-state index is 1.08. The summed E-state index contributed by atoms with van der Waals surface area (Å²) in [7, 11) is 0. The molecule has 4 heteroatoms. The molecule has 2 heterocycles. The molecule has 0 bridgehead atoms. The first-order valence-corrected chi connectivity index (χ1v) is 22.6. The number of fused-ring (bicyclic) bond motifs is 6. The van der Waals surface area contributed by atoms with Gasteiger partial charge in [0.1, 0.15) is 0 Å². The number of aromatic nitrogens is 1. The predicted octanol–water partition coefficient (Wildman–Crippen LogP) is 17.4. The number of anilines is 6. The van der Waals surface area contributed by atoms with Crippen LogP contribution in [0.1, 0.15) is 0 Å². The number of nitrogens with zero attached hydrogens (tertiary/aromatic N) is 3. The lowest BCUT2D eigenvalue weighted by molar-refractivity contribution is 1.18. The number of thiophene rings is 1. The molecule has 0 saturated carbocycles. The van der Waals surface area contributed by atoms with E-state index in [1.54, 1.807) is 0 Å². The summed E-state index contributed by atoms with van der Waals surface area (Å²) in [5.41, 5.74) is 15.0. The summed E-state index contributed by atoms with van der Waals surface area (Å²) in [6.45, 7) is 0. The Morgan fingerprint density at radius 1 is 0.266 bits per heavy atom. The Hall–Kier alpha value is -8.18. The van der Waals surface area contributed by atoms with Crippen molar-refractivity contribution in [2.24, 2.45) is 0 Å². The fraction of sp³-hybridized carbons (Fsp3) is 0. The van der Waals surface area contributed by atoms with Crippen LogP contribution in [0.4, 0.5) is 34.1 Å². The molecule has 0 spiro atoms. The van der Waals surface area contributed by atoms with E-state index >= 15 is 0 Å². The van der Waals surface area contributed by atoms with Gasteiger partial charge in [0.2, 0.25) is 0 Å². The number of rotatable bonds is 9. The van der Waals surface area contributed by atoms with Crippen LogP contribution in [0, 0.1) is 0 Å². The molecule has 64 heavy (non-hydrogen) atoms. The van der Waals surface area contributed by atoms with Crippen molar-refractivity contribution >= 4 is 87.4 Å². The van der Waals surface area contributed by atoms with Gasteiger partial charge in [0, 0.05) is 70.8 Å². The second kappa shape index (κ2) is 15.9. The maximum Gasteiger partial charge on any atom is 0.0547 e. The zero-order chi connectivity index (χ0) is 42.4. The van der Waals surface area contributed by atoms with E-state index < -0.39 is 0 Å². The number of hydrogen-bond donors (Lipinski definition) is 0. The molecule has 0 atom stereocenters.